The van der Waals surface area contributed by atoms with E-state index in [2.05, 4.69) is 0 Å². The highest BCUT2D eigenvalue weighted by Gasteiger charge is 2.02. The van der Waals surface area contributed by atoms with Crippen molar-refractivity contribution < 1.29 is 9.47 Å². The van der Waals surface area contributed by atoms with Crippen molar-refractivity contribution in [1.82, 2.24) is 0 Å². The second kappa shape index (κ2) is 6.34. The molecule has 100 valence electrons. The van der Waals surface area contributed by atoms with Crippen LogP contribution in [-0.4, -0.2) is 13.2 Å². The molecule has 0 fully saturated rings. The van der Waals surface area contributed by atoms with Gasteiger partial charge in [0.25, 0.3) is 0 Å². The summed E-state index contributed by atoms with van der Waals surface area (Å²) in [5.41, 5.74) is 7.56. The van der Waals surface area contributed by atoms with Crippen molar-refractivity contribution in [3.8, 4) is 11.5 Å². The second-order valence-corrected chi connectivity index (χ2v) is 4.58. The Morgan fingerprint density at radius 1 is 1.00 bits per heavy atom. The van der Waals surface area contributed by atoms with Crippen LogP contribution in [-0.2, 0) is 0 Å². The van der Waals surface area contributed by atoms with E-state index < -0.39 is 0 Å². The van der Waals surface area contributed by atoms with Crippen LogP contribution in [0.4, 0.5) is 5.69 Å². The molecule has 0 unspecified atom stereocenters. The van der Waals surface area contributed by atoms with Gasteiger partial charge in [0.05, 0.1) is 10.7 Å². The van der Waals surface area contributed by atoms with Gasteiger partial charge >= 0.3 is 0 Å². The quantitative estimate of drug-likeness (QED) is 0.670. The smallest absolute Gasteiger partial charge is 0.142 e. The lowest BCUT2D eigenvalue weighted by Crippen LogP contribution is -2.10. The number of hydrogen-bond donors (Lipinski definition) is 1. The molecule has 0 aliphatic heterocycles. The first-order valence-electron chi connectivity index (χ1n) is 6.03. The van der Waals surface area contributed by atoms with Crippen molar-refractivity contribution in [3.63, 3.8) is 0 Å². The first kappa shape index (κ1) is 13.6. The summed E-state index contributed by atoms with van der Waals surface area (Å²) >= 11 is 5.98. The molecule has 2 aromatic carbocycles. The molecule has 4 heteroatoms. The maximum Gasteiger partial charge on any atom is 0.142 e. The van der Waals surface area contributed by atoms with Crippen LogP contribution in [0.15, 0.2) is 42.5 Å². The first-order chi connectivity index (χ1) is 9.16. The van der Waals surface area contributed by atoms with Gasteiger partial charge in [0.2, 0.25) is 0 Å². The Bertz CT molecular complexity index is 558. The molecule has 2 N–H and O–H groups in total. The van der Waals surface area contributed by atoms with Crippen LogP contribution in [0.5, 0.6) is 11.5 Å². The molecule has 0 bridgehead atoms. The van der Waals surface area contributed by atoms with Crippen molar-refractivity contribution in [3.05, 3.63) is 53.1 Å². The zero-order chi connectivity index (χ0) is 13.7. The zero-order valence-corrected chi connectivity index (χ0v) is 11.5. The van der Waals surface area contributed by atoms with E-state index in [1.807, 2.05) is 43.3 Å². The zero-order valence-electron chi connectivity index (χ0n) is 10.7. The van der Waals surface area contributed by atoms with E-state index in [1.165, 1.54) is 0 Å². The predicted molar refractivity (Wildman–Crippen MR) is 78.0 cm³/mol. The number of hydrogen-bond acceptors (Lipinski definition) is 3. The minimum Gasteiger partial charge on any atom is -0.488 e. The standard InChI is InChI=1S/C15H16ClNO2/c1-11-6-7-13(17)15(10-11)19-9-8-18-14-5-3-2-4-12(14)16/h2-7,10H,8-9,17H2,1H3. The SMILES string of the molecule is Cc1ccc(N)c(OCCOc2ccccc2Cl)c1. The average molecular weight is 278 g/mol. The van der Waals surface area contributed by atoms with Gasteiger partial charge in [-0.25, -0.2) is 0 Å². The van der Waals surface area contributed by atoms with E-state index in [4.69, 9.17) is 26.8 Å². The lowest BCUT2D eigenvalue weighted by molar-refractivity contribution is 0.218. The van der Waals surface area contributed by atoms with Gasteiger partial charge in [0.1, 0.15) is 24.7 Å². The maximum absolute atomic E-state index is 5.98. The predicted octanol–water partition coefficient (Wildman–Crippen LogP) is 3.69. The van der Waals surface area contributed by atoms with Crippen molar-refractivity contribution in [2.75, 3.05) is 18.9 Å². The van der Waals surface area contributed by atoms with Gasteiger partial charge in [0.15, 0.2) is 0 Å². The summed E-state index contributed by atoms with van der Waals surface area (Å²) in [6, 6.07) is 13.0. The molecular formula is C15H16ClNO2. The Hall–Kier alpha value is -1.87. The molecule has 0 atom stereocenters. The lowest BCUT2D eigenvalue weighted by atomic mass is 10.2. The molecular weight excluding hydrogens is 262 g/mol. The van der Waals surface area contributed by atoms with Crippen molar-refractivity contribution in [2.24, 2.45) is 0 Å². The number of anilines is 1. The van der Waals surface area contributed by atoms with Gasteiger partial charge in [-0.1, -0.05) is 29.8 Å². The van der Waals surface area contributed by atoms with E-state index in [0.29, 0.717) is 35.4 Å². The van der Waals surface area contributed by atoms with Gasteiger partial charge in [0, 0.05) is 0 Å². The van der Waals surface area contributed by atoms with Crippen molar-refractivity contribution in [1.29, 1.82) is 0 Å². The van der Waals surface area contributed by atoms with Crippen LogP contribution < -0.4 is 15.2 Å². The summed E-state index contributed by atoms with van der Waals surface area (Å²) in [6.07, 6.45) is 0. The van der Waals surface area contributed by atoms with E-state index in [-0.39, 0.29) is 0 Å². The molecule has 0 aromatic heterocycles. The van der Waals surface area contributed by atoms with Crippen LogP contribution in [0, 0.1) is 6.92 Å². The molecule has 3 nitrogen and oxygen atoms in total. The molecule has 0 radical (unpaired) electrons. The molecule has 0 aliphatic carbocycles. The summed E-state index contributed by atoms with van der Waals surface area (Å²) in [5, 5.41) is 0.595. The molecule has 0 saturated heterocycles. The first-order valence-corrected chi connectivity index (χ1v) is 6.41. The van der Waals surface area contributed by atoms with Gasteiger partial charge in [-0.2, -0.15) is 0 Å². The summed E-state index contributed by atoms with van der Waals surface area (Å²) < 4.78 is 11.1. The second-order valence-electron chi connectivity index (χ2n) is 4.17. The van der Waals surface area contributed by atoms with Gasteiger partial charge < -0.3 is 15.2 Å². The van der Waals surface area contributed by atoms with Crippen LogP contribution in [0.25, 0.3) is 0 Å². The Balaban J connectivity index is 1.84. The van der Waals surface area contributed by atoms with Crippen molar-refractivity contribution in [2.45, 2.75) is 6.92 Å². The highest BCUT2D eigenvalue weighted by Crippen LogP contribution is 2.24. The number of rotatable bonds is 5. The van der Waals surface area contributed by atoms with E-state index in [1.54, 1.807) is 6.07 Å². The van der Waals surface area contributed by atoms with Gasteiger partial charge in [-0.15, -0.1) is 0 Å². The average Bonchev–Trinajstić information content (AvgIpc) is 2.40. The highest BCUT2D eigenvalue weighted by atomic mass is 35.5. The summed E-state index contributed by atoms with van der Waals surface area (Å²) in [7, 11) is 0. The van der Waals surface area contributed by atoms with Crippen LogP contribution in [0.2, 0.25) is 5.02 Å². The van der Waals surface area contributed by atoms with E-state index in [9.17, 15) is 0 Å². The molecule has 0 spiro atoms. The molecule has 2 rings (SSSR count). The minimum absolute atomic E-state index is 0.414. The molecule has 0 amide bonds. The monoisotopic (exact) mass is 277 g/mol. The Morgan fingerprint density at radius 3 is 2.42 bits per heavy atom. The largest absolute Gasteiger partial charge is 0.488 e. The summed E-state index contributed by atoms with van der Waals surface area (Å²) in [5.74, 6) is 1.34. The Kier molecular flexibility index (Phi) is 4.53. The van der Waals surface area contributed by atoms with Crippen LogP contribution >= 0.6 is 11.6 Å². The Labute approximate surface area is 117 Å². The highest BCUT2D eigenvalue weighted by molar-refractivity contribution is 6.32. The van der Waals surface area contributed by atoms with Crippen LogP contribution in [0.1, 0.15) is 5.56 Å². The van der Waals surface area contributed by atoms with Gasteiger partial charge in [-0.3, -0.25) is 0 Å². The summed E-state index contributed by atoms with van der Waals surface area (Å²) in [4.78, 5) is 0. The molecule has 2 aromatic rings. The fourth-order valence-corrected chi connectivity index (χ4v) is 1.82. The Morgan fingerprint density at radius 2 is 1.68 bits per heavy atom. The van der Waals surface area contributed by atoms with Gasteiger partial charge in [-0.05, 0) is 36.8 Å². The topological polar surface area (TPSA) is 44.5 Å². The normalized spacial score (nSPS) is 10.2. The third-order valence-electron chi connectivity index (χ3n) is 2.60. The fourth-order valence-electron chi connectivity index (χ4n) is 1.63. The maximum atomic E-state index is 5.98. The van der Waals surface area contributed by atoms with Crippen LogP contribution in [0.3, 0.4) is 0 Å². The third-order valence-corrected chi connectivity index (χ3v) is 2.92. The number of nitrogens with two attached hydrogens (primary N) is 1. The number of nitrogen functional groups attached to an aromatic ring is 1. The van der Waals surface area contributed by atoms with Crippen molar-refractivity contribution >= 4 is 17.3 Å². The molecule has 0 saturated carbocycles. The molecule has 0 aliphatic rings. The molecule has 0 heterocycles. The number of ether oxygens (including phenoxy) is 2. The fraction of sp³-hybridized carbons (Fsp3) is 0.200. The number of benzene rings is 2. The number of para-hydroxylation sites is 1. The summed E-state index contributed by atoms with van der Waals surface area (Å²) in [6.45, 7) is 2.82. The lowest BCUT2D eigenvalue weighted by Gasteiger charge is -2.11. The van der Waals surface area contributed by atoms with E-state index in [0.717, 1.165) is 5.56 Å². The van der Waals surface area contributed by atoms with E-state index >= 15 is 0 Å². The minimum atomic E-state index is 0.414. The molecule has 19 heavy (non-hydrogen) atoms. The number of halogens is 1. The third kappa shape index (κ3) is 3.80. The number of aryl methyl sites for hydroxylation is 1.